The number of benzene rings is 1. The molecule has 0 fully saturated rings. The topological polar surface area (TPSA) is 102 Å². The highest BCUT2D eigenvalue weighted by molar-refractivity contribution is 5.66. The average Bonchev–Trinajstić information content (AvgIpc) is 2.68. The highest BCUT2D eigenvalue weighted by atomic mass is 15.2. The molecule has 3 rings (SSSR count). The summed E-state index contributed by atoms with van der Waals surface area (Å²) in [4.78, 5) is 17.4. The SMILES string of the molecule is CC(C)C[C@H](CN)Nc1nccc(Nc2cccc(-c3ncccn3)c2)n1. The van der Waals surface area contributed by atoms with Crippen molar-refractivity contribution in [3.8, 4) is 11.4 Å². The first-order valence-corrected chi connectivity index (χ1v) is 9.08. The summed E-state index contributed by atoms with van der Waals surface area (Å²) in [5.74, 6) is 2.51. The number of nitrogens with one attached hydrogen (secondary N) is 2. The molecule has 7 heteroatoms. The second-order valence-electron chi connectivity index (χ2n) is 6.75. The molecule has 0 radical (unpaired) electrons. The van der Waals surface area contributed by atoms with E-state index in [2.05, 4.69) is 44.4 Å². The first-order valence-electron chi connectivity index (χ1n) is 9.08. The Morgan fingerprint density at radius 1 is 1.00 bits per heavy atom. The molecule has 3 aromatic rings. The molecule has 0 unspecified atom stereocenters. The number of aromatic nitrogens is 4. The lowest BCUT2D eigenvalue weighted by Gasteiger charge is -2.19. The maximum Gasteiger partial charge on any atom is 0.224 e. The summed E-state index contributed by atoms with van der Waals surface area (Å²) >= 11 is 0. The van der Waals surface area contributed by atoms with E-state index in [1.54, 1.807) is 24.7 Å². The summed E-state index contributed by atoms with van der Waals surface area (Å²) in [5, 5.41) is 6.62. The molecule has 1 aromatic carbocycles. The Bertz CT molecular complexity index is 852. The van der Waals surface area contributed by atoms with Gasteiger partial charge in [0.15, 0.2) is 5.82 Å². The van der Waals surface area contributed by atoms with E-state index in [-0.39, 0.29) is 6.04 Å². The summed E-state index contributed by atoms with van der Waals surface area (Å²) in [6, 6.07) is 11.7. The van der Waals surface area contributed by atoms with E-state index in [1.165, 1.54) is 0 Å². The van der Waals surface area contributed by atoms with Crippen LogP contribution in [0.25, 0.3) is 11.4 Å². The maximum atomic E-state index is 5.86. The lowest BCUT2D eigenvalue weighted by atomic mass is 10.0. The van der Waals surface area contributed by atoms with E-state index in [4.69, 9.17) is 5.73 Å². The van der Waals surface area contributed by atoms with Gasteiger partial charge in [0.25, 0.3) is 0 Å². The molecule has 140 valence electrons. The van der Waals surface area contributed by atoms with Crippen molar-refractivity contribution >= 4 is 17.5 Å². The molecule has 0 saturated heterocycles. The number of hydrogen-bond donors (Lipinski definition) is 3. The first-order chi connectivity index (χ1) is 13.1. The zero-order valence-electron chi connectivity index (χ0n) is 15.6. The second-order valence-corrected chi connectivity index (χ2v) is 6.75. The molecule has 2 heterocycles. The Morgan fingerprint density at radius 3 is 2.56 bits per heavy atom. The molecule has 0 amide bonds. The number of nitrogens with zero attached hydrogens (tertiary/aromatic N) is 4. The van der Waals surface area contributed by atoms with Crippen molar-refractivity contribution in [1.82, 2.24) is 19.9 Å². The fraction of sp³-hybridized carbons (Fsp3) is 0.300. The molecular weight excluding hydrogens is 338 g/mol. The van der Waals surface area contributed by atoms with Crippen molar-refractivity contribution in [2.45, 2.75) is 26.3 Å². The predicted molar refractivity (Wildman–Crippen MR) is 109 cm³/mol. The summed E-state index contributed by atoms with van der Waals surface area (Å²) < 4.78 is 0. The molecule has 7 nitrogen and oxygen atoms in total. The molecule has 0 aliphatic heterocycles. The van der Waals surface area contributed by atoms with Crippen LogP contribution < -0.4 is 16.4 Å². The van der Waals surface area contributed by atoms with Crippen molar-refractivity contribution in [2.75, 3.05) is 17.2 Å². The predicted octanol–water partition coefficient (Wildman–Crippen LogP) is 3.46. The molecule has 0 bridgehead atoms. The summed E-state index contributed by atoms with van der Waals surface area (Å²) in [5.41, 5.74) is 7.70. The number of anilines is 3. The van der Waals surface area contributed by atoms with E-state index < -0.39 is 0 Å². The van der Waals surface area contributed by atoms with Crippen LogP contribution in [0.2, 0.25) is 0 Å². The Balaban J connectivity index is 1.73. The Labute approximate surface area is 159 Å². The van der Waals surface area contributed by atoms with Gasteiger partial charge in [-0.15, -0.1) is 0 Å². The molecule has 0 aliphatic rings. The van der Waals surface area contributed by atoms with E-state index >= 15 is 0 Å². The van der Waals surface area contributed by atoms with Gasteiger partial charge in [-0.05, 0) is 36.6 Å². The molecule has 2 aromatic heterocycles. The van der Waals surface area contributed by atoms with Crippen molar-refractivity contribution in [2.24, 2.45) is 11.7 Å². The van der Waals surface area contributed by atoms with Crippen LogP contribution in [-0.2, 0) is 0 Å². The quantitative estimate of drug-likeness (QED) is 0.563. The third-order valence-corrected chi connectivity index (χ3v) is 3.99. The highest BCUT2D eigenvalue weighted by Gasteiger charge is 2.11. The fourth-order valence-corrected chi connectivity index (χ4v) is 2.80. The van der Waals surface area contributed by atoms with Gasteiger partial charge in [-0.3, -0.25) is 0 Å². The van der Waals surface area contributed by atoms with Gasteiger partial charge in [-0.1, -0.05) is 26.0 Å². The van der Waals surface area contributed by atoms with E-state index in [0.29, 0.717) is 30.1 Å². The van der Waals surface area contributed by atoms with E-state index in [1.807, 2.05) is 30.3 Å². The number of rotatable bonds is 8. The van der Waals surface area contributed by atoms with Gasteiger partial charge < -0.3 is 16.4 Å². The van der Waals surface area contributed by atoms with Gasteiger partial charge in [0.1, 0.15) is 5.82 Å². The van der Waals surface area contributed by atoms with Crippen LogP contribution in [0, 0.1) is 5.92 Å². The van der Waals surface area contributed by atoms with Gasteiger partial charge in [0, 0.05) is 42.4 Å². The normalized spacial score (nSPS) is 12.0. The van der Waals surface area contributed by atoms with Crippen LogP contribution in [0.3, 0.4) is 0 Å². The smallest absolute Gasteiger partial charge is 0.224 e. The van der Waals surface area contributed by atoms with Gasteiger partial charge in [0.2, 0.25) is 5.95 Å². The summed E-state index contributed by atoms with van der Waals surface area (Å²) in [7, 11) is 0. The van der Waals surface area contributed by atoms with Crippen LogP contribution in [-0.4, -0.2) is 32.5 Å². The lowest BCUT2D eigenvalue weighted by Crippen LogP contribution is -2.31. The van der Waals surface area contributed by atoms with Crippen LogP contribution >= 0.6 is 0 Å². The van der Waals surface area contributed by atoms with Gasteiger partial charge >= 0.3 is 0 Å². The van der Waals surface area contributed by atoms with Crippen LogP contribution in [0.4, 0.5) is 17.5 Å². The van der Waals surface area contributed by atoms with E-state index in [0.717, 1.165) is 17.7 Å². The lowest BCUT2D eigenvalue weighted by molar-refractivity contribution is 0.520. The van der Waals surface area contributed by atoms with Crippen molar-refractivity contribution in [1.29, 1.82) is 0 Å². The maximum absolute atomic E-state index is 5.86. The van der Waals surface area contributed by atoms with Crippen LogP contribution in [0.1, 0.15) is 20.3 Å². The molecule has 1 atom stereocenters. The third kappa shape index (κ3) is 5.46. The molecule has 4 N–H and O–H groups in total. The van der Waals surface area contributed by atoms with Crippen molar-refractivity contribution in [3.63, 3.8) is 0 Å². The zero-order valence-corrected chi connectivity index (χ0v) is 15.6. The van der Waals surface area contributed by atoms with Crippen LogP contribution in [0.15, 0.2) is 55.0 Å². The van der Waals surface area contributed by atoms with Crippen molar-refractivity contribution < 1.29 is 0 Å². The van der Waals surface area contributed by atoms with Crippen LogP contribution in [0.5, 0.6) is 0 Å². The average molecular weight is 363 g/mol. The first kappa shape index (κ1) is 18.7. The third-order valence-electron chi connectivity index (χ3n) is 3.99. The van der Waals surface area contributed by atoms with Crippen molar-refractivity contribution in [3.05, 3.63) is 55.0 Å². The molecule has 0 saturated carbocycles. The standard InChI is InChI=1S/C20H25N7/c1-14(2)11-17(13-21)26-20-24-10-7-18(27-20)25-16-6-3-5-15(12-16)19-22-8-4-9-23-19/h3-10,12,14,17H,11,13,21H2,1-2H3,(H2,24,25,26,27)/t17-/m1/s1. The molecule has 27 heavy (non-hydrogen) atoms. The fourth-order valence-electron chi connectivity index (χ4n) is 2.80. The van der Waals surface area contributed by atoms with Gasteiger partial charge in [0.05, 0.1) is 0 Å². The minimum absolute atomic E-state index is 0.152. The monoisotopic (exact) mass is 363 g/mol. The highest BCUT2D eigenvalue weighted by Crippen LogP contribution is 2.21. The second kappa shape index (κ2) is 9.05. The summed E-state index contributed by atoms with van der Waals surface area (Å²) in [6.07, 6.45) is 6.16. The minimum atomic E-state index is 0.152. The largest absolute Gasteiger partial charge is 0.350 e. The Morgan fingerprint density at radius 2 is 1.81 bits per heavy atom. The number of hydrogen-bond acceptors (Lipinski definition) is 7. The van der Waals surface area contributed by atoms with E-state index in [9.17, 15) is 0 Å². The molecule has 0 aliphatic carbocycles. The molecule has 0 spiro atoms. The van der Waals surface area contributed by atoms with Gasteiger partial charge in [-0.2, -0.15) is 4.98 Å². The summed E-state index contributed by atoms with van der Waals surface area (Å²) in [6.45, 7) is 4.89. The Kier molecular flexibility index (Phi) is 6.27. The van der Waals surface area contributed by atoms with Gasteiger partial charge in [-0.25, -0.2) is 15.0 Å². The molecular formula is C20H25N7. The number of nitrogens with two attached hydrogens (primary N) is 1. The zero-order chi connectivity index (χ0) is 19.1. The minimum Gasteiger partial charge on any atom is -0.350 e. The Hall–Kier alpha value is -3.06.